The third-order valence-corrected chi connectivity index (χ3v) is 5.77. The predicted octanol–water partition coefficient (Wildman–Crippen LogP) is 3.90. The van der Waals surface area contributed by atoms with Crippen LogP contribution in [0.2, 0.25) is 0 Å². The zero-order valence-electron chi connectivity index (χ0n) is 14.7. The van der Waals surface area contributed by atoms with Gasteiger partial charge in [-0.05, 0) is 49.2 Å². The predicted molar refractivity (Wildman–Crippen MR) is 105 cm³/mol. The second kappa shape index (κ2) is 6.53. The van der Waals surface area contributed by atoms with Crippen LogP contribution in [0, 0.1) is 19.8 Å². The average Bonchev–Trinajstić information content (AvgIpc) is 3.20. The maximum Gasteiger partial charge on any atom is 0.231 e. The van der Waals surface area contributed by atoms with Crippen molar-refractivity contribution in [1.29, 1.82) is 0 Å². The Labute approximate surface area is 155 Å². The molecule has 1 fully saturated rings. The van der Waals surface area contributed by atoms with E-state index in [1.54, 1.807) is 4.90 Å². The molecule has 132 valence electrons. The summed E-state index contributed by atoms with van der Waals surface area (Å²) in [6.45, 7) is 4.47. The van der Waals surface area contributed by atoms with Crippen molar-refractivity contribution >= 4 is 44.2 Å². The lowest BCUT2D eigenvalue weighted by Gasteiger charge is -2.17. The van der Waals surface area contributed by atoms with Gasteiger partial charge in [0.25, 0.3) is 0 Å². The van der Waals surface area contributed by atoms with Gasteiger partial charge in [-0.1, -0.05) is 29.5 Å². The number of hydrogen-bond acceptors (Lipinski definition) is 4. The smallest absolute Gasteiger partial charge is 0.231 e. The highest BCUT2D eigenvalue weighted by Gasteiger charge is 2.35. The number of anilines is 2. The number of thiazole rings is 1. The van der Waals surface area contributed by atoms with Crippen molar-refractivity contribution in [2.75, 3.05) is 16.8 Å². The normalized spacial score (nSPS) is 17.1. The molecule has 4 rings (SSSR count). The van der Waals surface area contributed by atoms with E-state index in [0.29, 0.717) is 11.7 Å². The van der Waals surface area contributed by atoms with Crippen molar-refractivity contribution in [2.45, 2.75) is 20.3 Å². The van der Waals surface area contributed by atoms with Gasteiger partial charge in [0.2, 0.25) is 11.8 Å². The van der Waals surface area contributed by atoms with E-state index in [4.69, 9.17) is 0 Å². The Morgan fingerprint density at radius 1 is 1.19 bits per heavy atom. The van der Waals surface area contributed by atoms with Crippen LogP contribution in [0.4, 0.5) is 10.8 Å². The molecule has 2 amide bonds. The maximum absolute atomic E-state index is 12.6. The maximum atomic E-state index is 12.6. The van der Waals surface area contributed by atoms with E-state index in [1.807, 2.05) is 56.3 Å². The second-order valence-electron chi connectivity index (χ2n) is 6.65. The Bertz CT molecular complexity index is 978. The molecule has 0 spiro atoms. The summed E-state index contributed by atoms with van der Waals surface area (Å²) in [7, 11) is 0. The molecule has 1 aliphatic rings. The van der Waals surface area contributed by atoms with Crippen molar-refractivity contribution in [3.05, 3.63) is 53.6 Å². The summed E-state index contributed by atoms with van der Waals surface area (Å²) in [5.74, 6) is -0.530. The molecule has 0 aliphatic carbocycles. The lowest BCUT2D eigenvalue weighted by Crippen LogP contribution is -2.28. The van der Waals surface area contributed by atoms with Crippen LogP contribution in [-0.4, -0.2) is 23.3 Å². The van der Waals surface area contributed by atoms with Crippen molar-refractivity contribution in [3.63, 3.8) is 0 Å². The number of carbonyl (C=O) groups excluding carboxylic acids is 2. The van der Waals surface area contributed by atoms with Crippen molar-refractivity contribution < 1.29 is 9.59 Å². The zero-order chi connectivity index (χ0) is 18.3. The van der Waals surface area contributed by atoms with E-state index < -0.39 is 0 Å². The van der Waals surface area contributed by atoms with Gasteiger partial charge in [0, 0.05) is 18.7 Å². The molecule has 1 saturated heterocycles. The Morgan fingerprint density at radius 3 is 2.77 bits per heavy atom. The van der Waals surface area contributed by atoms with Gasteiger partial charge in [-0.3, -0.25) is 9.59 Å². The zero-order valence-corrected chi connectivity index (χ0v) is 15.5. The van der Waals surface area contributed by atoms with Gasteiger partial charge in [0.05, 0.1) is 16.1 Å². The minimum Gasteiger partial charge on any atom is -0.312 e. The van der Waals surface area contributed by atoms with Crippen molar-refractivity contribution in [1.82, 2.24) is 4.98 Å². The van der Waals surface area contributed by atoms with Gasteiger partial charge < -0.3 is 10.2 Å². The molecule has 0 saturated carbocycles. The second-order valence-corrected chi connectivity index (χ2v) is 7.68. The van der Waals surface area contributed by atoms with Gasteiger partial charge in [-0.15, -0.1) is 0 Å². The summed E-state index contributed by atoms with van der Waals surface area (Å²) in [5, 5.41) is 3.45. The number of para-hydroxylation sites is 1. The number of hydrogen-bond donors (Lipinski definition) is 1. The summed E-state index contributed by atoms with van der Waals surface area (Å²) >= 11 is 1.44. The van der Waals surface area contributed by atoms with Gasteiger partial charge in [-0.2, -0.15) is 0 Å². The summed E-state index contributed by atoms with van der Waals surface area (Å²) in [6, 6.07) is 13.7. The summed E-state index contributed by atoms with van der Waals surface area (Å²) < 4.78 is 1.03. The van der Waals surface area contributed by atoms with Crippen LogP contribution in [0.25, 0.3) is 10.2 Å². The fraction of sp³-hybridized carbons (Fsp3) is 0.250. The molecule has 5 nitrogen and oxygen atoms in total. The molecular formula is C20H19N3O2S. The SMILES string of the molecule is Cc1ccc(N2CC(C(=O)Nc3nc4ccccc4s3)CC2=O)cc1C. The Kier molecular flexibility index (Phi) is 4.20. The van der Waals surface area contributed by atoms with E-state index in [1.165, 1.54) is 16.9 Å². The number of amides is 2. The molecule has 1 aliphatic heterocycles. The van der Waals surface area contributed by atoms with Gasteiger partial charge in [0.1, 0.15) is 0 Å². The molecule has 1 unspecified atom stereocenters. The van der Waals surface area contributed by atoms with E-state index in [9.17, 15) is 9.59 Å². The third-order valence-electron chi connectivity index (χ3n) is 4.82. The summed E-state index contributed by atoms with van der Waals surface area (Å²) in [6.07, 6.45) is 0.226. The quantitative estimate of drug-likeness (QED) is 0.765. The first-order valence-electron chi connectivity index (χ1n) is 8.55. The standard InChI is InChI=1S/C20H19N3O2S/c1-12-7-8-15(9-13(12)2)23-11-14(10-18(23)24)19(25)22-20-21-16-5-3-4-6-17(16)26-20/h3-9,14H,10-11H2,1-2H3,(H,21,22,25). The van der Waals surface area contributed by atoms with Crippen LogP contribution in [0.3, 0.4) is 0 Å². The number of aromatic nitrogens is 1. The molecule has 0 radical (unpaired) electrons. The number of carbonyl (C=O) groups is 2. The Morgan fingerprint density at radius 2 is 2.00 bits per heavy atom. The number of benzene rings is 2. The molecule has 1 aromatic heterocycles. The molecule has 0 bridgehead atoms. The van der Waals surface area contributed by atoms with E-state index in [-0.39, 0.29) is 24.2 Å². The van der Waals surface area contributed by atoms with Crippen molar-refractivity contribution in [2.24, 2.45) is 5.92 Å². The van der Waals surface area contributed by atoms with Crippen LogP contribution in [-0.2, 0) is 9.59 Å². The molecular weight excluding hydrogens is 346 g/mol. The van der Waals surface area contributed by atoms with Gasteiger partial charge in [-0.25, -0.2) is 4.98 Å². The fourth-order valence-corrected chi connectivity index (χ4v) is 4.03. The largest absolute Gasteiger partial charge is 0.312 e. The summed E-state index contributed by atoms with van der Waals surface area (Å²) in [5.41, 5.74) is 4.05. The highest BCUT2D eigenvalue weighted by molar-refractivity contribution is 7.22. The third kappa shape index (κ3) is 3.08. The minimum atomic E-state index is -0.365. The topological polar surface area (TPSA) is 62.3 Å². The van der Waals surface area contributed by atoms with Crippen LogP contribution >= 0.6 is 11.3 Å². The number of rotatable bonds is 3. The van der Waals surface area contributed by atoms with Crippen LogP contribution in [0.5, 0.6) is 0 Å². The molecule has 1 N–H and O–H groups in total. The fourth-order valence-electron chi connectivity index (χ4n) is 3.16. The number of fused-ring (bicyclic) bond motifs is 1. The Hall–Kier alpha value is -2.73. The number of nitrogens with one attached hydrogen (secondary N) is 1. The Balaban J connectivity index is 1.48. The van der Waals surface area contributed by atoms with Gasteiger partial charge in [0.15, 0.2) is 5.13 Å². The summed E-state index contributed by atoms with van der Waals surface area (Å²) in [4.78, 5) is 31.2. The lowest BCUT2D eigenvalue weighted by molar-refractivity contribution is -0.122. The molecule has 26 heavy (non-hydrogen) atoms. The molecule has 3 aromatic rings. The van der Waals surface area contributed by atoms with E-state index in [0.717, 1.165) is 21.5 Å². The van der Waals surface area contributed by atoms with Gasteiger partial charge >= 0.3 is 0 Å². The monoisotopic (exact) mass is 365 g/mol. The number of aryl methyl sites for hydroxylation is 2. The van der Waals surface area contributed by atoms with Crippen LogP contribution < -0.4 is 10.2 Å². The first-order chi connectivity index (χ1) is 12.5. The highest BCUT2D eigenvalue weighted by Crippen LogP contribution is 2.29. The van der Waals surface area contributed by atoms with Crippen LogP contribution in [0.15, 0.2) is 42.5 Å². The lowest BCUT2D eigenvalue weighted by atomic mass is 10.1. The number of nitrogens with zero attached hydrogens (tertiary/aromatic N) is 2. The van der Waals surface area contributed by atoms with E-state index in [2.05, 4.69) is 10.3 Å². The van der Waals surface area contributed by atoms with Crippen molar-refractivity contribution in [3.8, 4) is 0 Å². The minimum absolute atomic E-state index is 0.0160. The molecule has 1 atom stereocenters. The molecule has 2 aromatic carbocycles. The van der Waals surface area contributed by atoms with E-state index >= 15 is 0 Å². The average molecular weight is 365 g/mol. The van der Waals surface area contributed by atoms with Crippen LogP contribution in [0.1, 0.15) is 17.5 Å². The first kappa shape index (κ1) is 16.7. The highest BCUT2D eigenvalue weighted by atomic mass is 32.1. The first-order valence-corrected chi connectivity index (χ1v) is 9.37. The molecule has 2 heterocycles. The molecule has 6 heteroatoms.